The number of aliphatic hydroxyl groups is 2. The molecule has 0 saturated carbocycles. The Hall–Kier alpha value is -0.380. The van der Waals surface area contributed by atoms with Crippen LogP contribution in [0, 0.1) is 0 Å². The number of rotatable bonds is 17. The van der Waals surface area contributed by atoms with Crippen molar-refractivity contribution in [2.75, 3.05) is 6.61 Å². The maximum atomic E-state index is 9.55. The van der Waals surface area contributed by atoms with E-state index in [0.717, 1.165) is 6.42 Å². The van der Waals surface area contributed by atoms with Crippen molar-refractivity contribution in [3.8, 4) is 0 Å². The largest absolute Gasteiger partial charge is 0.395 e. The number of unbranched alkanes of at least 4 members (excludes halogenated alkanes) is 13. The van der Waals surface area contributed by atoms with Crippen molar-refractivity contribution >= 4 is 0 Å². The smallest absolute Gasteiger partial charge is 0.0894 e. The summed E-state index contributed by atoms with van der Waals surface area (Å²) >= 11 is 0. The van der Waals surface area contributed by atoms with E-state index in [0.29, 0.717) is 0 Å². The Morgan fingerprint density at radius 1 is 0.783 bits per heavy atom. The molecular formula is C20H41NO2. The zero-order chi connectivity index (χ0) is 17.2. The fraction of sp³-hybridized carbons (Fsp3) is 0.900. The zero-order valence-corrected chi connectivity index (χ0v) is 15.4. The summed E-state index contributed by atoms with van der Waals surface area (Å²) < 4.78 is 0. The van der Waals surface area contributed by atoms with Crippen LogP contribution < -0.4 is 5.73 Å². The maximum Gasteiger partial charge on any atom is 0.0894 e. The molecule has 3 heteroatoms. The third-order valence-corrected chi connectivity index (χ3v) is 4.46. The van der Waals surface area contributed by atoms with Crippen LogP contribution in [0.25, 0.3) is 0 Å². The molecule has 0 aliphatic heterocycles. The van der Waals surface area contributed by atoms with E-state index in [1.165, 1.54) is 83.5 Å². The van der Waals surface area contributed by atoms with Crippen LogP contribution in [0.15, 0.2) is 12.2 Å². The van der Waals surface area contributed by atoms with E-state index in [9.17, 15) is 5.11 Å². The van der Waals surface area contributed by atoms with Crippen molar-refractivity contribution in [3.05, 3.63) is 12.2 Å². The van der Waals surface area contributed by atoms with Crippen molar-refractivity contribution in [3.63, 3.8) is 0 Å². The van der Waals surface area contributed by atoms with Crippen LogP contribution in [0.4, 0.5) is 0 Å². The summed E-state index contributed by atoms with van der Waals surface area (Å²) in [7, 11) is 0. The maximum absolute atomic E-state index is 9.55. The molecule has 0 spiro atoms. The lowest BCUT2D eigenvalue weighted by Crippen LogP contribution is -2.36. The highest BCUT2D eigenvalue weighted by Gasteiger charge is 2.08. The summed E-state index contributed by atoms with van der Waals surface area (Å²) in [4.78, 5) is 0. The first-order valence-corrected chi connectivity index (χ1v) is 9.93. The summed E-state index contributed by atoms with van der Waals surface area (Å²) in [5.41, 5.74) is 5.53. The van der Waals surface area contributed by atoms with Gasteiger partial charge in [-0.1, -0.05) is 96.1 Å². The number of nitrogens with two attached hydrogens (primary N) is 1. The SMILES string of the molecule is CCCCCCCCCCCCCCC/C=C/[C@H](O)[C@@H](N)CO. The number of allylic oxidation sites excluding steroid dienone is 1. The van der Waals surface area contributed by atoms with Gasteiger partial charge < -0.3 is 15.9 Å². The highest BCUT2D eigenvalue weighted by atomic mass is 16.3. The molecule has 0 fully saturated rings. The standard InChI is InChI=1S/C20H41NO2/c1-2-3-4-5-6-7-8-9-10-11-12-13-14-15-16-17-20(23)19(21)18-22/h16-17,19-20,22-23H,2-15,18,21H2,1H3/b17-16+/t19-,20-/m0/s1. The molecule has 0 aromatic carbocycles. The monoisotopic (exact) mass is 327 g/mol. The molecule has 0 heterocycles. The summed E-state index contributed by atoms with van der Waals surface area (Å²) in [5.74, 6) is 0. The molecule has 4 N–H and O–H groups in total. The Morgan fingerprint density at radius 2 is 1.22 bits per heavy atom. The van der Waals surface area contributed by atoms with Crippen molar-refractivity contribution in [2.24, 2.45) is 5.73 Å². The Morgan fingerprint density at radius 3 is 1.65 bits per heavy atom. The van der Waals surface area contributed by atoms with Gasteiger partial charge in [0.25, 0.3) is 0 Å². The molecule has 0 saturated heterocycles. The van der Waals surface area contributed by atoms with Gasteiger partial charge >= 0.3 is 0 Å². The number of hydrogen-bond donors (Lipinski definition) is 3. The molecular weight excluding hydrogens is 286 g/mol. The minimum atomic E-state index is -0.720. The lowest BCUT2D eigenvalue weighted by Gasteiger charge is -2.11. The Balaban J connectivity index is 3.17. The summed E-state index contributed by atoms with van der Waals surface area (Å²) in [6, 6.07) is -0.558. The molecule has 0 radical (unpaired) electrons. The van der Waals surface area contributed by atoms with Gasteiger partial charge in [-0.2, -0.15) is 0 Å². The molecule has 0 aromatic heterocycles. The molecule has 0 unspecified atom stereocenters. The molecule has 0 rings (SSSR count). The van der Waals surface area contributed by atoms with Gasteiger partial charge in [0, 0.05) is 0 Å². The minimum Gasteiger partial charge on any atom is -0.395 e. The molecule has 3 nitrogen and oxygen atoms in total. The number of aliphatic hydroxyl groups excluding tert-OH is 2. The summed E-state index contributed by atoms with van der Waals surface area (Å²) in [6.07, 6.45) is 21.7. The van der Waals surface area contributed by atoms with E-state index in [-0.39, 0.29) is 6.61 Å². The van der Waals surface area contributed by atoms with Crippen molar-refractivity contribution in [1.29, 1.82) is 0 Å². The van der Waals surface area contributed by atoms with E-state index < -0.39 is 12.1 Å². The first-order valence-electron chi connectivity index (χ1n) is 9.93. The van der Waals surface area contributed by atoms with E-state index in [4.69, 9.17) is 10.8 Å². The van der Waals surface area contributed by atoms with Crippen LogP contribution >= 0.6 is 0 Å². The van der Waals surface area contributed by atoms with Gasteiger partial charge in [0.1, 0.15) is 0 Å². The summed E-state index contributed by atoms with van der Waals surface area (Å²) in [6.45, 7) is 2.09. The Labute approximate surface area is 144 Å². The first-order chi connectivity index (χ1) is 11.2. The van der Waals surface area contributed by atoms with Crippen LogP contribution in [0.1, 0.15) is 96.8 Å². The van der Waals surface area contributed by atoms with Gasteiger partial charge in [-0.3, -0.25) is 0 Å². The Bertz CT molecular complexity index is 256. The fourth-order valence-corrected chi connectivity index (χ4v) is 2.77. The minimum absolute atomic E-state index is 0.176. The molecule has 0 amide bonds. The van der Waals surface area contributed by atoms with E-state index >= 15 is 0 Å². The Kier molecular flexibility index (Phi) is 17.7. The zero-order valence-electron chi connectivity index (χ0n) is 15.4. The first kappa shape index (κ1) is 22.6. The van der Waals surface area contributed by atoms with Gasteiger partial charge in [-0.25, -0.2) is 0 Å². The molecule has 0 aliphatic rings. The van der Waals surface area contributed by atoms with Crippen LogP contribution in [0.3, 0.4) is 0 Å². The predicted octanol–water partition coefficient (Wildman–Crippen LogP) is 4.70. The quantitative estimate of drug-likeness (QED) is 0.268. The molecule has 2 atom stereocenters. The highest BCUT2D eigenvalue weighted by molar-refractivity contribution is 4.93. The van der Waals surface area contributed by atoms with Gasteiger partial charge in [0.15, 0.2) is 0 Å². The molecule has 138 valence electrons. The fourth-order valence-electron chi connectivity index (χ4n) is 2.77. The predicted molar refractivity (Wildman–Crippen MR) is 101 cm³/mol. The molecule has 23 heavy (non-hydrogen) atoms. The van der Waals surface area contributed by atoms with Crippen molar-refractivity contribution in [2.45, 2.75) is 109 Å². The van der Waals surface area contributed by atoms with Gasteiger partial charge in [0.05, 0.1) is 18.8 Å². The van der Waals surface area contributed by atoms with E-state index in [1.807, 2.05) is 6.08 Å². The lowest BCUT2D eigenvalue weighted by molar-refractivity contribution is 0.144. The second kappa shape index (κ2) is 18.0. The van der Waals surface area contributed by atoms with Gasteiger partial charge in [-0.05, 0) is 12.8 Å². The van der Waals surface area contributed by atoms with Crippen molar-refractivity contribution < 1.29 is 10.2 Å². The van der Waals surface area contributed by atoms with Crippen molar-refractivity contribution in [1.82, 2.24) is 0 Å². The third-order valence-electron chi connectivity index (χ3n) is 4.46. The van der Waals surface area contributed by atoms with E-state index in [1.54, 1.807) is 6.08 Å². The lowest BCUT2D eigenvalue weighted by atomic mass is 10.0. The van der Waals surface area contributed by atoms with Gasteiger partial charge in [-0.15, -0.1) is 0 Å². The van der Waals surface area contributed by atoms with Crippen LogP contribution in [-0.4, -0.2) is 29.0 Å². The summed E-state index contributed by atoms with van der Waals surface area (Å²) in [5, 5.41) is 18.4. The average Bonchev–Trinajstić information content (AvgIpc) is 2.57. The second-order valence-electron chi connectivity index (χ2n) is 6.80. The highest BCUT2D eigenvalue weighted by Crippen LogP contribution is 2.13. The normalized spacial score (nSPS) is 14.4. The van der Waals surface area contributed by atoms with Crippen LogP contribution in [0.5, 0.6) is 0 Å². The number of hydrogen-bond acceptors (Lipinski definition) is 3. The topological polar surface area (TPSA) is 66.5 Å². The molecule has 0 aromatic rings. The average molecular weight is 328 g/mol. The molecule has 0 aliphatic carbocycles. The van der Waals surface area contributed by atoms with E-state index in [2.05, 4.69) is 6.92 Å². The van der Waals surface area contributed by atoms with Crippen LogP contribution in [-0.2, 0) is 0 Å². The van der Waals surface area contributed by atoms with Crippen LogP contribution in [0.2, 0.25) is 0 Å². The van der Waals surface area contributed by atoms with Gasteiger partial charge in [0.2, 0.25) is 0 Å². The molecule has 0 bridgehead atoms. The third kappa shape index (κ3) is 16.3. The second-order valence-corrected chi connectivity index (χ2v) is 6.80.